The van der Waals surface area contributed by atoms with Crippen LogP contribution in [0.2, 0.25) is 0 Å². The average molecular weight is 449 g/mol. The minimum absolute atomic E-state index is 0.196. The minimum atomic E-state index is -3.63. The van der Waals surface area contributed by atoms with E-state index in [0.29, 0.717) is 30.3 Å². The molecule has 0 bridgehead atoms. The number of nitrogens with zero attached hydrogens (tertiary/aromatic N) is 1. The van der Waals surface area contributed by atoms with Gasteiger partial charge in [-0.25, -0.2) is 8.42 Å². The van der Waals surface area contributed by atoms with Crippen LogP contribution in [-0.2, 0) is 10.0 Å². The Balaban J connectivity index is 2.26. The molecule has 0 radical (unpaired) electrons. The Bertz CT molecular complexity index is 953. The molecule has 31 heavy (non-hydrogen) atoms. The van der Waals surface area contributed by atoms with Crippen LogP contribution in [0.3, 0.4) is 0 Å². The molecule has 0 aliphatic carbocycles. The van der Waals surface area contributed by atoms with Crippen molar-refractivity contribution in [2.24, 2.45) is 11.8 Å². The van der Waals surface area contributed by atoms with Gasteiger partial charge < -0.3 is 14.8 Å². The third-order valence-corrected chi connectivity index (χ3v) is 6.39. The molecule has 0 aliphatic rings. The van der Waals surface area contributed by atoms with Crippen LogP contribution in [0, 0.1) is 11.8 Å². The van der Waals surface area contributed by atoms with Crippen LogP contribution in [0.1, 0.15) is 38.1 Å². The maximum absolute atomic E-state index is 13.1. The molecule has 0 aromatic heterocycles. The first-order chi connectivity index (χ1) is 14.6. The summed E-state index contributed by atoms with van der Waals surface area (Å²) in [5.41, 5.74) is 0.736. The summed E-state index contributed by atoms with van der Waals surface area (Å²) < 4.78 is 38.3. The lowest BCUT2D eigenvalue weighted by Crippen LogP contribution is -2.37. The van der Waals surface area contributed by atoms with Gasteiger partial charge in [-0.05, 0) is 48.2 Å². The van der Waals surface area contributed by atoms with Gasteiger partial charge in [-0.2, -0.15) is 4.31 Å². The largest absolute Gasteiger partial charge is 0.496 e. The van der Waals surface area contributed by atoms with Gasteiger partial charge in [0, 0.05) is 18.8 Å². The number of ether oxygens (including phenoxy) is 2. The van der Waals surface area contributed by atoms with Crippen molar-refractivity contribution in [1.82, 2.24) is 4.31 Å². The summed E-state index contributed by atoms with van der Waals surface area (Å²) >= 11 is 0. The Morgan fingerprint density at radius 1 is 0.903 bits per heavy atom. The Kier molecular flexibility index (Phi) is 8.47. The van der Waals surface area contributed by atoms with Crippen molar-refractivity contribution >= 4 is 21.6 Å². The molecular formula is C23H32N2O5S. The third-order valence-electron chi connectivity index (χ3n) is 4.54. The van der Waals surface area contributed by atoms with Crippen molar-refractivity contribution in [1.29, 1.82) is 0 Å². The van der Waals surface area contributed by atoms with Crippen molar-refractivity contribution in [2.45, 2.75) is 32.6 Å². The first-order valence-corrected chi connectivity index (χ1v) is 11.7. The number of carbonyl (C=O) groups is 1. The predicted molar refractivity (Wildman–Crippen MR) is 122 cm³/mol. The van der Waals surface area contributed by atoms with Gasteiger partial charge in [-0.1, -0.05) is 33.8 Å². The second-order valence-electron chi connectivity index (χ2n) is 8.13. The number of sulfonamides is 1. The van der Waals surface area contributed by atoms with Gasteiger partial charge in [0.25, 0.3) is 5.91 Å². The van der Waals surface area contributed by atoms with Crippen LogP contribution in [0.25, 0.3) is 0 Å². The molecular weight excluding hydrogens is 416 g/mol. The van der Waals surface area contributed by atoms with Gasteiger partial charge in [-0.15, -0.1) is 0 Å². The highest BCUT2D eigenvalue weighted by atomic mass is 32.2. The molecule has 0 atom stereocenters. The Morgan fingerprint density at radius 3 is 1.81 bits per heavy atom. The first-order valence-electron chi connectivity index (χ1n) is 10.2. The highest BCUT2D eigenvalue weighted by Crippen LogP contribution is 2.29. The van der Waals surface area contributed by atoms with Crippen molar-refractivity contribution in [2.75, 3.05) is 32.6 Å². The van der Waals surface area contributed by atoms with E-state index < -0.39 is 15.9 Å². The van der Waals surface area contributed by atoms with E-state index in [-0.39, 0.29) is 22.3 Å². The van der Waals surface area contributed by atoms with E-state index in [9.17, 15) is 13.2 Å². The fraction of sp³-hybridized carbons (Fsp3) is 0.435. The SMILES string of the molecule is COc1cccc(OC)c1C(=O)Nc1ccc(S(=O)(=O)N(CC(C)C)CC(C)C)cc1. The first kappa shape index (κ1) is 24.7. The molecule has 1 N–H and O–H groups in total. The number of methoxy groups -OCH3 is 2. The highest BCUT2D eigenvalue weighted by Gasteiger charge is 2.26. The van der Waals surface area contributed by atoms with E-state index in [1.54, 1.807) is 30.3 Å². The van der Waals surface area contributed by atoms with Crippen LogP contribution in [0.4, 0.5) is 5.69 Å². The molecule has 7 nitrogen and oxygen atoms in total. The fourth-order valence-electron chi connectivity index (χ4n) is 3.21. The maximum atomic E-state index is 13.1. The molecule has 0 unspecified atom stereocenters. The monoisotopic (exact) mass is 448 g/mol. The van der Waals surface area contributed by atoms with Crippen molar-refractivity contribution in [3.05, 3.63) is 48.0 Å². The number of anilines is 1. The van der Waals surface area contributed by atoms with Crippen LogP contribution in [-0.4, -0.2) is 45.9 Å². The van der Waals surface area contributed by atoms with Gasteiger partial charge in [0.1, 0.15) is 17.1 Å². The topological polar surface area (TPSA) is 84.9 Å². The second kappa shape index (κ2) is 10.6. The van der Waals surface area contributed by atoms with Crippen LogP contribution >= 0.6 is 0 Å². The summed E-state index contributed by atoms with van der Waals surface area (Å²) in [6.07, 6.45) is 0. The summed E-state index contributed by atoms with van der Waals surface area (Å²) in [5.74, 6) is 0.778. The van der Waals surface area contributed by atoms with Crippen molar-refractivity contribution < 1.29 is 22.7 Å². The van der Waals surface area contributed by atoms with E-state index in [1.807, 2.05) is 27.7 Å². The number of amides is 1. The predicted octanol–water partition coefficient (Wildman–Crippen LogP) is 4.26. The Morgan fingerprint density at radius 2 is 1.39 bits per heavy atom. The molecule has 0 heterocycles. The molecule has 0 saturated carbocycles. The number of rotatable bonds is 10. The molecule has 2 aromatic rings. The molecule has 0 spiro atoms. The zero-order valence-electron chi connectivity index (χ0n) is 19.0. The van der Waals surface area contributed by atoms with E-state index >= 15 is 0 Å². The van der Waals surface area contributed by atoms with E-state index in [4.69, 9.17) is 9.47 Å². The van der Waals surface area contributed by atoms with Crippen LogP contribution < -0.4 is 14.8 Å². The molecule has 8 heteroatoms. The summed E-state index contributed by atoms with van der Waals surface area (Å²) in [6, 6.07) is 11.3. The summed E-state index contributed by atoms with van der Waals surface area (Å²) in [6.45, 7) is 8.88. The number of benzene rings is 2. The number of hydrogen-bond acceptors (Lipinski definition) is 5. The fourth-order valence-corrected chi connectivity index (χ4v) is 4.98. The maximum Gasteiger partial charge on any atom is 0.263 e. The smallest absolute Gasteiger partial charge is 0.263 e. The molecule has 0 fully saturated rings. The normalized spacial score (nSPS) is 11.8. The Labute approximate surface area is 185 Å². The average Bonchev–Trinajstić information content (AvgIpc) is 2.72. The van der Waals surface area contributed by atoms with E-state index in [2.05, 4.69) is 5.32 Å². The lowest BCUT2D eigenvalue weighted by atomic mass is 10.1. The summed E-state index contributed by atoms with van der Waals surface area (Å²) in [4.78, 5) is 13.0. The molecule has 2 aromatic carbocycles. The molecule has 0 aliphatic heterocycles. The second-order valence-corrected chi connectivity index (χ2v) is 10.1. The number of nitrogens with one attached hydrogen (secondary N) is 1. The van der Waals surface area contributed by atoms with Crippen molar-refractivity contribution in [3.8, 4) is 11.5 Å². The summed E-state index contributed by atoms with van der Waals surface area (Å²) in [5, 5.41) is 2.77. The molecule has 2 rings (SSSR count). The van der Waals surface area contributed by atoms with Gasteiger partial charge in [-0.3, -0.25) is 4.79 Å². The van der Waals surface area contributed by atoms with Crippen LogP contribution in [0.5, 0.6) is 11.5 Å². The van der Waals surface area contributed by atoms with Crippen LogP contribution in [0.15, 0.2) is 47.4 Å². The Hall–Kier alpha value is -2.58. The molecule has 1 amide bonds. The zero-order chi connectivity index (χ0) is 23.2. The zero-order valence-corrected chi connectivity index (χ0v) is 19.8. The van der Waals surface area contributed by atoms with Gasteiger partial charge >= 0.3 is 0 Å². The molecule has 0 saturated heterocycles. The minimum Gasteiger partial charge on any atom is -0.496 e. The highest BCUT2D eigenvalue weighted by molar-refractivity contribution is 7.89. The number of carbonyl (C=O) groups excluding carboxylic acids is 1. The lowest BCUT2D eigenvalue weighted by molar-refractivity contribution is 0.102. The standard InChI is InChI=1S/C23H32N2O5S/c1-16(2)14-25(15-17(3)4)31(27,28)19-12-10-18(11-13-19)24-23(26)22-20(29-5)8-7-9-21(22)30-6/h7-13,16-17H,14-15H2,1-6H3,(H,24,26). The van der Waals surface area contributed by atoms with E-state index in [1.165, 1.54) is 30.7 Å². The van der Waals surface area contributed by atoms with E-state index in [0.717, 1.165) is 0 Å². The summed E-state index contributed by atoms with van der Waals surface area (Å²) in [7, 11) is -0.674. The lowest BCUT2D eigenvalue weighted by Gasteiger charge is -2.25. The quantitative estimate of drug-likeness (QED) is 0.587. The third kappa shape index (κ3) is 6.21. The van der Waals surface area contributed by atoms with Crippen molar-refractivity contribution in [3.63, 3.8) is 0 Å². The van der Waals surface area contributed by atoms with Gasteiger partial charge in [0.2, 0.25) is 10.0 Å². The van der Waals surface area contributed by atoms with Gasteiger partial charge in [0.15, 0.2) is 0 Å². The molecule has 170 valence electrons. The van der Waals surface area contributed by atoms with Gasteiger partial charge in [0.05, 0.1) is 19.1 Å². The number of hydrogen-bond donors (Lipinski definition) is 1.